The number of benzene rings is 2. The molecule has 20 heavy (non-hydrogen) atoms. The summed E-state index contributed by atoms with van der Waals surface area (Å²) in [5.41, 5.74) is 7.46. The highest BCUT2D eigenvalue weighted by molar-refractivity contribution is 9.10. The van der Waals surface area contributed by atoms with E-state index in [-0.39, 0.29) is 0 Å². The molecule has 0 fully saturated rings. The molecule has 2 nitrogen and oxygen atoms in total. The summed E-state index contributed by atoms with van der Waals surface area (Å²) < 4.78 is 6.91. The lowest BCUT2D eigenvalue weighted by Gasteiger charge is -2.16. The van der Waals surface area contributed by atoms with E-state index in [0.29, 0.717) is 27.4 Å². The molecule has 2 aromatic carbocycles. The van der Waals surface area contributed by atoms with Crippen LogP contribution in [0.25, 0.3) is 0 Å². The van der Waals surface area contributed by atoms with Gasteiger partial charge in [-0.25, -0.2) is 0 Å². The maximum atomic E-state index is 6.00. The molecular formula is C15H14BrCl2NO. The molecule has 2 N–H and O–H groups in total. The highest BCUT2D eigenvalue weighted by atomic mass is 79.9. The summed E-state index contributed by atoms with van der Waals surface area (Å²) in [6, 6.07) is 9.09. The van der Waals surface area contributed by atoms with Gasteiger partial charge in [0, 0.05) is 10.5 Å². The van der Waals surface area contributed by atoms with E-state index in [4.69, 9.17) is 33.7 Å². The molecule has 0 radical (unpaired) electrons. The fourth-order valence-corrected chi connectivity index (χ4v) is 2.52. The lowest BCUT2D eigenvalue weighted by Crippen LogP contribution is -1.97. The number of hydrogen-bond acceptors (Lipinski definition) is 2. The van der Waals surface area contributed by atoms with Gasteiger partial charge >= 0.3 is 0 Å². The fourth-order valence-electron chi connectivity index (χ4n) is 1.81. The van der Waals surface area contributed by atoms with Crippen LogP contribution in [0.1, 0.15) is 25.3 Å². The van der Waals surface area contributed by atoms with Crippen LogP contribution >= 0.6 is 39.1 Å². The lowest BCUT2D eigenvalue weighted by atomic mass is 10.0. The Balaban J connectivity index is 2.42. The molecule has 0 aliphatic carbocycles. The number of rotatable bonds is 3. The van der Waals surface area contributed by atoms with Gasteiger partial charge in [-0.3, -0.25) is 0 Å². The Kier molecular flexibility index (Phi) is 4.84. The van der Waals surface area contributed by atoms with Crippen LogP contribution in [0.2, 0.25) is 10.0 Å². The van der Waals surface area contributed by atoms with Gasteiger partial charge in [0.15, 0.2) is 5.75 Å². The van der Waals surface area contributed by atoms with Crippen LogP contribution in [-0.4, -0.2) is 0 Å². The smallest absolute Gasteiger partial charge is 0.151 e. The summed E-state index contributed by atoms with van der Waals surface area (Å²) in [4.78, 5) is 0. The summed E-state index contributed by atoms with van der Waals surface area (Å²) in [5.74, 6) is 1.59. The van der Waals surface area contributed by atoms with Crippen molar-refractivity contribution in [2.24, 2.45) is 0 Å². The van der Waals surface area contributed by atoms with E-state index >= 15 is 0 Å². The second-order valence-corrected chi connectivity index (χ2v) is 6.47. The summed E-state index contributed by atoms with van der Waals surface area (Å²) in [7, 11) is 0. The Hall–Kier alpha value is -0.900. The van der Waals surface area contributed by atoms with Crippen molar-refractivity contribution in [1.82, 2.24) is 0 Å². The van der Waals surface area contributed by atoms with Crippen molar-refractivity contribution in [1.29, 1.82) is 0 Å². The van der Waals surface area contributed by atoms with Gasteiger partial charge in [0.25, 0.3) is 0 Å². The minimum atomic E-state index is 0.325. The Labute approximate surface area is 137 Å². The van der Waals surface area contributed by atoms with Gasteiger partial charge in [-0.1, -0.05) is 53.0 Å². The van der Waals surface area contributed by atoms with E-state index < -0.39 is 0 Å². The second-order valence-electron chi connectivity index (χ2n) is 4.74. The van der Waals surface area contributed by atoms with E-state index in [1.165, 1.54) is 0 Å². The van der Waals surface area contributed by atoms with Crippen molar-refractivity contribution in [3.05, 3.63) is 50.4 Å². The number of ether oxygens (including phenoxy) is 1. The third-order valence-electron chi connectivity index (χ3n) is 2.87. The van der Waals surface area contributed by atoms with Crippen molar-refractivity contribution in [2.45, 2.75) is 19.8 Å². The first kappa shape index (κ1) is 15.5. The molecule has 0 aliphatic heterocycles. The zero-order chi connectivity index (χ0) is 14.9. The first-order chi connectivity index (χ1) is 9.38. The molecular weight excluding hydrogens is 361 g/mol. The monoisotopic (exact) mass is 373 g/mol. The summed E-state index contributed by atoms with van der Waals surface area (Å²) in [5, 5.41) is 0.829. The van der Waals surface area contributed by atoms with E-state index in [0.717, 1.165) is 15.8 Å². The number of nitrogen functional groups attached to an aromatic ring is 1. The minimum absolute atomic E-state index is 0.325. The van der Waals surface area contributed by atoms with Crippen LogP contribution in [0.3, 0.4) is 0 Å². The van der Waals surface area contributed by atoms with Crippen LogP contribution < -0.4 is 10.5 Å². The highest BCUT2D eigenvalue weighted by Crippen LogP contribution is 2.38. The average molecular weight is 375 g/mol. The Morgan fingerprint density at radius 2 is 1.70 bits per heavy atom. The predicted octanol–water partition coefficient (Wildman–Crippen LogP) is 6.25. The zero-order valence-corrected chi connectivity index (χ0v) is 14.2. The maximum absolute atomic E-state index is 6.00. The van der Waals surface area contributed by atoms with Gasteiger partial charge in [0.05, 0.1) is 15.7 Å². The molecule has 0 amide bonds. The van der Waals surface area contributed by atoms with Gasteiger partial charge in [0.2, 0.25) is 0 Å². The van der Waals surface area contributed by atoms with E-state index in [2.05, 4.69) is 29.8 Å². The molecule has 0 aromatic heterocycles. The molecule has 0 spiro atoms. The summed E-state index contributed by atoms with van der Waals surface area (Å²) in [6.07, 6.45) is 0. The van der Waals surface area contributed by atoms with Crippen molar-refractivity contribution >= 4 is 44.8 Å². The molecule has 0 aliphatic rings. The standard InChI is InChI=1S/C15H14BrCl2NO/c1-8(2)10-5-9(16)3-4-14(10)20-15-7-12(18)11(17)6-13(15)19/h3-8H,19H2,1-2H3. The molecule has 0 heterocycles. The van der Waals surface area contributed by atoms with Crippen LogP contribution in [0.5, 0.6) is 11.5 Å². The van der Waals surface area contributed by atoms with Crippen molar-refractivity contribution in [3.63, 3.8) is 0 Å². The number of nitrogens with two attached hydrogens (primary N) is 1. The molecule has 0 atom stereocenters. The third-order valence-corrected chi connectivity index (χ3v) is 4.08. The van der Waals surface area contributed by atoms with E-state index in [1.54, 1.807) is 12.1 Å². The van der Waals surface area contributed by atoms with Crippen molar-refractivity contribution in [2.75, 3.05) is 5.73 Å². The van der Waals surface area contributed by atoms with Gasteiger partial charge in [-0.05, 0) is 35.7 Å². The van der Waals surface area contributed by atoms with Crippen LogP contribution in [-0.2, 0) is 0 Å². The SMILES string of the molecule is CC(C)c1cc(Br)ccc1Oc1cc(Cl)c(Cl)cc1N. The van der Waals surface area contributed by atoms with Crippen LogP contribution in [0, 0.1) is 0 Å². The Bertz CT molecular complexity index is 644. The summed E-state index contributed by atoms with van der Waals surface area (Å²) >= 11 is 15.4. The van der Waals surface area contributed by atoms with Crippen molar-refractivity contribution in [3.8, 4) is 11.5 Å². The number of anilines is 1. The molecule has 2 rings (SSSR count). The molecule has 0 bridgehead atoms. The Morgan fingerprint density at radius 3 is 2.35 bits per heavy atom. The van der Waals surface area contributed by atoms with Crippen LogP contribution in [0.15, 0.2) is 34.8 Å². The predicted molar refractivity (Wildman–Crippen MR) is 89.2 cm³/mol. The van der Waals surface area contributed by atoms with Crippen molar-refractivity contribution < 1.29 is 4.74 Å². The average Bonchev–Trinajstić information content (AvgIpc) is 2.37. The molecule has 106 valence electrons. The molecule has 0 saturated carbocycles. The van der Waals surface area contributed by atoms with Gasteiger partial charge in [-0.15, -0.1) is 0 Å². The van der Waals surface area contributed by atoms with Crippen LogP contribution in [0.4, 0.5) is 5.69 Å². The van der Waals surface area contributed by atoms with E-state index in [1.807, 2.05) is 18.2 Å². The largest absolute Gasteiger partial charge is 0.455 e. The van der Waals surface area contributed by atoms with E-state index in [9.17, 15) is 0 Å². The molecule has 2 aromatic rings. The lowest BCUT2D eigenvalue weighted by molar-refractivity contribution is 0.475. The van der Waals surface area contributed by atoms with Gasteiger partial charge in [0.1, 0.15) is 5.75 Å². The molecule has 5 heteroatoms. The molecule has 0 saturated heterocycles. The maximum Gasteiger partial charge on any atom is 0.151 e. The molecule has 0 unspecified atom stereocenters. The van der Waals surface area contributed by atoms with Gasteiger partial charge < -0.3 is 10.5 Å². The number of hydrogen-bond donors (Lipinski definition) is 1. The topological polar surface area (TPSA) is 35.2 Å². The third kappa shape index (κ3) is 3.40. The zero-order valence-electron chi connectivity index (χ0n) is 11.1. The highest BCUT2D eigenvalue weighted by Gasteiger charge is 2.12. The first-order valence-electron chi connectivity index (χ1n) is 6.10. The minimum Gasteiger partial charge on any atom is -0.455 e. The fraction of sp³-hybridized carbons (Fsp3) is 0.200. The van der Waals surface area contributed by atoms with Gasteiger partial charge in [-0.2, -0.15) is 0 Å². The summed E-state index contributed by atoms with van der Waals surface area (Å²) in [6.45, 7) is 4.21. The first-order valence-corrected chi connectivity index (χ1v) is 7.65. The second kappa shape index (κ2) is 6.25. The normalized spacial score (nSPS) is 10.9. The quantitative estimate of drug-likeness (QED) is 0.644. The number of halogens is 3. The Morgan fingerprint density at radius 1 is 1.05 bits per heavy atom.